The van der Waals surface area contributed by atoms with Crippen molar-refractivity contribution in [1.29, 1.82) is 0 Å². The highest BCUT2D eigenvalue weighted by atomic mass is 19.1. The summed E-state index contributed by atoms with van der Waals surface area (Å²) in [6, 6.07) is 6.88. The quantitative estimate of drug-likeness (QED) is 0.772. The molecule has 88 valence electrons. The summed E-state index contributed by atoms with van der Waals surface area (Å²) in [5, 5.41) is 0. The number of hydrogen-bond acceptors (Lipinski definition) is 1. The molecule has 0 heterocycles. The highest BCUT2D eigenvalue weighted by Gasteiger charge is 2.47. The van der Waals surface area contributed by atoms with Crippen LogP contribution in [0.3, 0.4) is 0 Å². The van der Waals surface area contributed by atoms with Crippen molar-refractivity contribution in [1.82, 2.24) is 0 Å². The molecule has 0 bridgehead atoms. The minimum absolute atomic E-state index is 0.169. The maximum absolute atomic E-state index is 13.6. The van der Waals surface area contributed by atoms with E-state index in [9.17, 15) is 4.39 Å². The fraction of sp³-hybridized carbons (Fsp3) is 0.571. The van der Waals surface area contributed by atoms with E-state index in [1.54, 1.807) is 6.07 Å². The highest BCUT2D eigenvalue weighted by molar-refractivity contribution is 5.29. The fourth-order valence-corrected chi connectivity index (χ4v) is 2.52. The van der Waals surface area contributed by atoms with Crippen molar-refractivity contribution < 1.29 is 4.39 Å². The second-order valence-corrected chi connectivity index (χ2v) is 6.11. The highest BCUT2D eigenvalue weighted by Crippen LogP contribution is 2.51. The van der Waals surface area contributed by atoms with Crippen LogP contribution in [0.2, 0.25) is 0 Å². The lowest BCUT2D eigenvalue weighted by Gasteiger charge is -2.51. The Balaban J connectivity index is 2.17. The molecule has 1 aromatic rings. The Kier molecular flexibility index (Phi) is 2.58. The van der Waals surface area contributed by atoms with Gasteiger partial charge in [-0.15, -0.1) is 0 Å². The largest absolute Gasteiger partial charge is 0.321 e. The Morgan fingerprint density at radius 1 is 1.25 bits per heavy atom. The zero-order valence-electron chi connectivity index (χ0n) is 10.3. The molecule has 1 nitrogen and oxygen atoms in total. The van der Waals surface area contributed by atoms with Gasteiger partial charge in [0.1, 0.15) is 5.82 Å². The van der Waals surface area contributed by atoms with Crippen molar-refractivity contribution in [3.05, 3.63) is 35.6 Å². The van der Waals surface area contributed by atoms with Gasteiger partial charge in [-0.05, 0) is 30.2 Å². The van der Waals surface area contributed by atoms with Gasteiger partial charge in [-0.1, -0.05) is 39.0 Å². The maximum atomic E-state index is 13.6. The Labute approximate surface area is 96.9 Å². The predicted molar refractivity (Wildman–Crippen MR) is 64.4 cm³/mol. The Hall–Kier alpha value is -0.890. The summed E-state index contributed by atoms with van der Waals surface area (Å²) in [7, 11) is 0. The number of benzene rings is 1. The van der Waals surface area contributed by atoms with E-state index in [1.165, 1.54) is 6.07 Å². The van der Waals surface area contributed by atoms with Crippen LogP contribution < -0.4 is 5.73 Å². The zero-order valence-corrected chi connectivity index (χ0v) is 10.3. The fourth-order valence-electron chi connectivity index (χ4n) is 2.52. The molecule has 1 aliphatic carbocycles. The molecule has 0 amide bonds. The third-order valence-corrected chi connectivity index (χ3v) is 3.86. The third kappa shape index (κ3) is 1.86. The minimum atomic E-state index is -0.441. The van der Waals surface area contributed by atoms with E-state index in [0.29, 0.717) is 11.5 Å². The van der Waals surface area contributed by atoms with Gasteiger partial charge in [0.05, 0.1) is 0 Å². The minimum Gasteiger partial charge on any atom is -0.321 e. The number of rotatable bonds is 1. The van der Waals surface area contributed by atoms with E-state index >= 15 is 0 Å². The number of halogens is 1. The summed E-state index contributed by atoms with van der Waals surface area (Å²) < 4.78 is 13.6. The van der Waals surface area contributed by atoms with Crippen LogP contribution in [0.25, 0.3) is 0 Å². The van der Waals surface area contributed by atoms with Gasteiger partial charge >= 0.3 is 0 Å². The van der Waals surface area contributed by atoms with Crippen LogP contribution in [0.5, 0.6) is 0 Å². The van der Waals surface area contributed by atoms with Gasteiger partial charge in [0, 0.05) is 11.1 Å². The average Bonchev–Trinajstić information content (AvgIpc) is 2.12. The van der Waals surface area contributed by atoms with Gasteiger partial charge in [-0.3, -0.25) is 0 Å². The van der Waals surface area contributed by atoms with Crippen LogP contribution in [-0.4, -0.2) is 0 Å². The summed E-state index contributed by atoms with van der Waals surface area (Å²) in [5.74, 6) is 0.425. The molecule has 16 heavy (non-hydrogen) atoms. The van der Waals surface area contributed by atoms with E-state index in [0.717, 1.165) is 12.8 Å². The molecule has 0 saturated heterocycles. The molecule has 1 aromatic carbocycles. The first-order valence-corrected chi connectivity index (χ1v) is 5.87. The second kappa shape index (κ2) is 3.56. The first-order valence-electron chi connectivity index (χ1n) is 5.87. The topological polar surface area (TPSA) is 26.0 Å². The van der Waals surface area contributed by atoms with Crippen molar-refractivity contribution in [3.8, 4) is 0 Å². The average molecular weight is 221 g/mol. The first kappa shape index (κ1) is 11.6. The molecule has 2 heteroatoms. The lowest BCUT2D eigenvalue weighted by molar-refractivity contribution is 0.0467. The van der Waals surface area contributed by atoms with E-state index in [2.05, 4.69) is 20.8 Å². The van der Waals surface area contributed by atoms with Gasteiger partial charge in [0.2, 0.25) is 0 Å². The Bertz CT molecular complexity index is 386. The summed E-state index contributed by atoms with van der Waals surface area (Å²) in [4.78, 5) is 0. The molecule has 0 aromatic heterocycles. The predicted octanol–water partition coefficient (Wildman–Crippen LogP) is 3.44. The molecule has 0 radical (unpaired) electrons. The van der Waals surface area contributed by atoms with Crippen LogP contribution in [-0.2, 0) is 5.54 Å². The Morgan fingerprint density at radius 3 is 2.31 bits per heavy atom. The van der Waals surface area contributed by atoms with Crippen LogP contribution >= 0.6 is 0 Å². The molecular formula is C14H20FN. The molecule has 0 unspecified atom stereocenters. The van der Waals surface area contributed by atoms with Crippen molar-refractivity contribution >= 4 is 0 Å². The normalized spacial score (nSPS) is 29.9. The molecule has 0 spiro atoms. The summed E-state index contributed by atoms with van der Waals surface area (Å²) in [5.41, 5.74) is 6.78. The van der Waals surface area contributed by atoms with Crippen LogP contribution in [0, 0.1) is 17.2 Å². The van der Waals surface area contributed by atoms with E-state index < -0.39 is 5.54 Å². The van der Waals surface area contributed by atoms with E-state index in [4.69, 9.17) is 5.73 Å². The van der Waals surface area contributed by atoms with Gasteiger partial charge in [0.15, 0.2) is 0 Å². The maximum Gasteiger partial charge on any atom is 0.128 e. The van der Waals surface area contributed by atoms with Crippen molar-refractivity contribution in [2.45, 2.75) is 39.2 Å². The number of hydrogen-bond donors (Lipinski definition) is 1. The molecule has 0 atom stereocenters. The van der Waals surface area contributed by atoms with Crippen LogP contribution in [0.15, 0.2) is 24.3 Å². The number of nitrogens with two attached hydrogens (primary N) is 1. The molecule has 1 aliphatic rings. The summed E-state index contributed by atoms with van der Waals surface area (Å²) in [6.45, 7) is 6.66. The van der Waals surface area contributed by atoms with Crippen LogP contribution in [0.1, 0.15) is 39.2 Å². The van der Waals surface area contributed by atoms with Gasteiger partial charge < -0.3 is 5.73 Å². The molecule has 0 aliphatic heterocycles. The van der Waals surface area contributed by atoms with Gasteiger partial charge in [-0.2, -0.15) is 0 Å². The van der Waals surface area contributed by atoms with Crippen molar-refractivity contribution in [2.75, 3.05) is 0 Å². The summed E-state index contributed by atoms with van der Waals surface area (Å²) in [6.07, 6.45) is 1.77. The van der Waals surface area contributed by atoms with Crippen molar-refractivity contribution in [3.63, 3.8) is 0 Å². The lowest BCUT2D eigenvalue weighted by Crippen LogP contribution is -2.53. The van der Waals surface area contributed by atoms with Crippen LogP contribution in [0.4, 0.5) is 4.39 Å². The molecule has 1 saturated carbocycles. The van der Waals surface area contributed by atoms with E-state index in [1.807, 2.05) is 12.1 Å². The standard InChI is InChI=1S/C14H20FN/c1-13(2,3)10-8-14(16,9-10)11-6-4-5-7-12(11)15/h4-7,10H,8-9,16H2,1-3H3. The van der Waals surface area contributed by atoms with Gasteiger partial charge in [-0.25, -0.2) is 4.39 Å². The first-order chi connectivity index (χ1) is 7.33. The van der Waals surface area contributed by atoms with Gasteiger partial charge in [0.25, 0.3) is 0 Å². The Morgan fingerprint density at radius 2 is 1.81 bits per heavy atom. The monoisotopic (exact) mass is 221 g/mol. The molecule has 1 fully saturated rings. The SMILES string of the molecule is CC(C)(C)C1CC(N)(c2ccccc2F)C1. The third-order valence-electron chi connectivity index (χ3n) is 3.86. The molecule has 2 rings (SSSR count). The van der Waals surface area contributed by atoms with E-state index in [-0.39, 0.29) is 11.2 Å². The molecular weight excluding hydrogens is 201 g/mol. The second-order valence-electron chi connectivity index (χ2n) is 6.11. The van der Waals surface area contributed by atoms with Crippen molar-refractivity contribution in [2.24, 2.45) is 17.1 Å². The molecule has 2 N–H and O–H groups in total. The lowest BCUT2D eigenvalue weighted by atomic mass is 9.57. The summed E-state index contributed by atoms with van der Waals surface area (Å²) >= 11 is 0. The smallest absolute Gasteiger partial charge is 0.128 e. The zero-order chi connectivity index (χ0) is 12.0.